The lowest BCUT2D eigenvalue weighted by Crippen LogP contribution is -2.39. The molecule has 30 heavy (non-hydrogen) atoms. The van der Waals surface area contributed by atoms with Crippen molar-refractivity contribution in [1.82, 2.24) is 14.9 Å². The lowest BCUT2D eigenvalue weighted by Gasteiger charge is -2.33. The van der Waals surface area contributed by atoms with Gasteiger partial charge in [0.25, 0.3) is 5.56 Å². The number of hydrogen-bond acceptors (Lipinski definition) is 6. The van der Waals surface area contributed by atoms with Crippen molar-refractivity contribution in [2.45, 2.75) is 45.3 Å². The van der Waals surface area contributed by atoms with Crippen LogP contribution in [-0.2, 0) is 11.3 Å². The van der Waals surface area contributed by atoms with Crippen molar-refractivity contribution >= 4 is 5.95 Å². The van der Waals surface area contributed by atoms with E-state index in [1.54, 1.807) is 6.07 Å². The Morgan fingerprint density at radius 3 is 2.87 bits per heavy atom. The molecule has 0 spiro atoms. The van der Waals surface area contributed by atoms with Crippen LogP contribution < -0.4 is 15.2 Å². The summed E-state index contributed by atoms with van der Waals surface area (Å²) >= 11 is 0. The van der Waals surface area contributed by atoms with Gasteiger partial charge in [-0.3, -0.25) is 14.7 Å². The largest absolute Gasteiger partial charge is 0.491 e. The molecule has 4 rings (SSSR count). The summed E-state index contributed by atoms with van der Waals surface area (Å²) in [6.45, 7) is 9.81. The molecule has 1 aromatic heterocycles. The zero-order valence-electron chi connectivity index (χ0n) is 18.0. The van der Waals surface area contributed by atoms with Gasteiger partial charge in [-0.15, -0.1) is 0 Å². The molecule has 7 heteroatoms. The fourth-order valence-corrected chi connectivity index (χ4v) is 4.29. The first-order valence-electron chi connectivity index (χ1n) is 11.0. The Morgan fingerprint density at radius 1 is 1.23 bits per heavy atom. The number of hydrogen-bond donors (Lipinski definition) is 1. The second-order valence-corrected chi connectivity index (χ2v) is 8.48. The Hall–Kier alpha value is -2.38. The van der Waals surface area contributed by atoms with Gasteiger partial charge in [0.2, 0.25) is 5.95 Å². The zero-order valence-corrected chi connectivity index (χ0v) is 18.0. The fraction of sp³-hybridized carbons (Fsp3) is 0.565. The highest BCUT2D eigenvalue weighted by Gasteiger charge is 2.24. The highest BCUT2D eigenvalue weighted by molar-refractivity contribution is 5.32. The summed E-state index contributed by atoms with van der Waals surface area (Å²) in [6.07, 6.45) is 2.34. The van der Waals surface area contributed by atoms with E-state index in [0.717, 1.165) is 57.0 Å². The molecule has 2 aromatic rings. The number of anilines is 1. The first-order chi connectivity index (χ1) is 14.6. The van der Waals surface area contributed by atoms with E-state index in [4.69, 9.17) is 14.5 Å². The molecule has 7 nitrogen and oxygen atoms in total. The van der Waals surface area contributed by atoms with Crippen LogP contribution in [-0.4, -0.2) is 60.4 Å². The fourth-order valence-electron chi connectivity index (χ4n) is 4.29. The molecule has 1 atom stereocenters. The van der Waals surface area contributed by atoms with Gasteiger partial charge in [-0.2, -0.15) is 0 Å². The van der Waals surface area contributed by atoms with Crippen molar-refractivity contribution in [1.29, 1.82) is 0 Å². The molecule has 0 radical (unpaired) electrons. The Morgan fingerprint density at radius 2 is 2.07 bits per heavy atom. The zero-order chi connectivity index (χ0) is 20.9. The van der Waals surface area contributed by atoms with Crippen LogP contribution >= 0.6 is 0 Å². The number of ether oxygens (including phenoxy) is 2. The Bertz CT molecular complexity index is 892. The summed E-state index contributed by atoms with van der Waals surface area (Å²) in [4.78, 5) is 24.6. The van der Waals surface area contributed by atoms with Gasteiger partial charge >= 0.3 is 0 Å². The van der Waals surface area contributed by atoms with Gasteiger partial charge in [-0.25, -0.2) is 4.98 Å². The van der Waals surface area contributed by atoms with E-state index in [1.807, 2.05) is 19.9 Å². The highest BCUT2D eigenvalue weighted by Crippen LogP contribution is 2.27. The second kappa shape index (κ2) is 9.62. The van der Waals surface area contributed by atoms with Gasteiger partial charge in [0, 0.05) is 38.2 Å². The van der Waals surface area contributed by atoms with Crippen LogP contribution in [0.15, 0.2) is 35.1 Å². The lowest BCUT2D eigenvalue weighted by atomic mass is 9.94. The van der Waals surface area contributed by atoms with Crippen LogP contribution in [0.25, 0.3) is 0 Å². The summed E-state index contributed by atoms with van der Waals surface area (Å²) in [6, 6.07) is 10.0. The Kier molecular flexibility index (Phi) is 6.69. The van der Waals surface area contributed by atoms with Crippen molar-refractivity contribution in [2.75, 3.05) is 44.3 Å². The smallest absolute Gasteiger partial charge is 0.252 e. The predicted molar refractivity (Wildman–Crippen MR) is 117 cm³/mol. The Balaban J connectivity index is 1.45. The average Bonchev–Trinajstić information content (AvgIpc) is 2.74. The summed E-state index contributed by atoms with van der Waals surface area (Å²) in [7, 11) is 0. The molecule has 0 bridgehead atoms. The van der Waals surface area contributed by atoms with Gasteiger partial charge < -0.3 is 14.4 Å². The van der Waals surface area contributed by atoms with E-state index in [2.05, 4.69) is 33.0 Å². The molecule has 1 unspecified atom stereocenters. The summed E-state index contributed by atoms with van der Waals surface area (Å²) < 4.78 is 11.3. The van der Waals surface area contributed by atoms with Crippen LogP contribution in [0.2, 0.25) is 0 Å². The number of morpholine rings is 1. The number of likely N-dealkylation sites (tertiary alicyclic amines) is 1. The third-order valence-electron chi connectivity index (χ3n) is 5.66. The molecule has 0 amide bonds. The summed E-state index contributed by atoms with van der Waals surface area (Å²) in [5.74, 6) is 1.87. The number of nitrogens with one attached hydrogen (secondary N) is 1. The molecule has 0 aliphatic carbocycles. The van der Waals surface area contributed by atoms with Crippen LogP contribution in [0.5, 0.6) is 5.75 Å². The SMILES string of the molecule is CC(C)Oc1cccc(CN2CCCC(c3cc(=O)[nH]c(N4CCOCC4)n3)C2)c1. The number of nitrogens with zero attached hydrogens (tertiary/aromatic N) is 3. The first-order valence-corrected chi connectivity index (χ1v) is 11.0. The molecule has 1 N–H and O–H groups in total. The van der Waals surface area contributed by atoms with Crippen LogP contribution in [0, 0.1) is 0 Å². The molecule has 2 fully saturated rings. The van der Waals surface area contributed by atoms with Crippen LogP contribution in [0.4, 0.5) is 5.95 Å². The number of H-pyrrole nitrogens is 1. The van der Waals surface area contributed by atoms with Crippen molar-refractivity contribution in [3.63, 3.8) is 0 Å². The van der Waals surface area contributed by atoms with E-state index < -0.39 is 0 Å². The number of aromatic amines is 1. The van der Waals surface area contributed by atoms with Crippen LogP contribution in [0.3, 0.4) is 0 Å². The maximum atomic E-state index is 12.3. The summed E-state index contributed by atoms with van der Waals surface area (Å²) in [5, 5.41) is 0. The van der Waals surface area contributed by atoms with E-state index in [9.17, 15) is 4.79 Å². The molecule has 2 saturated heterocycles. The molecule has 1 aromatic carbocycles. The van der Waals surface area contributed by atoms with Gasteiger partial charge in [-0.1, -0.05) is 12.1 Å². The minimum Gasteiger partial charge on any atom is -0.491 e. The number of piperidine rings is 1. The lowest BCUT2D eigenvalue weighted by molar-refractivity contribution is 0.122. The average molecular weight is 413 g/mol. The topological polar surface area (TPSA) is 70.7 Å². The Labute approximate surface area is 178 Å². The van der Waals surface area contributed by atoms with Crippen molar-refractivity contribution < 1.29 is 9.47 Å². The number of rotatable bonds is 6. The molecular weight excluding hydrogens is 380 g/mol. The van der Waals surface area contributed by atoms with Crippen molar-refractivity contribution in [3.05, 3.63) is 51.9 Å². The molecule has 3 heterocycles. The first kappa shape index (κ1) is 20.9. The standard InChI is InChI=1S/C23H32N4O3/c1-17(2)30-20-7-3-5-18(13-20)15-26-8-4-6-19(16-26)21-14-22(28)25-23(24-21)27-9-11-29-12-10-27/h3,5,7,13-14,17,19H,4,6,8-12,15-16H2,1-2H3,(H,24,25,28). The van der Waals surface area contributed by atoms with Gasteiger partial charge in [0.05, 0.1) is 25.0 Å². The molecular formula is C23H32N4O3. The monoisotopic (exact) mass is 412 g/mol. The van der Waals surface area contributed by atoms with Gasteiger partial charge in [-0.05, 0) is 50.9 Å². The van der Waals surface area contributed by atoms with Gasteiger partial charge in [0.1, 0.15) is 5.75 Å². The number of benzene rings is 1. The third-order valence-corrected chi connectivity index (χ3v) is 5.66. The highest BCUT2D eigenvalue weighted by atomic mass is 16.5. The van der Waals surface area contributed by atoms with Crippen molar-refractivity contribution in [3.8, 4) is 5.75 Å². The second-order valence-electron chi connectivity index (χ2n) is 8.48. The molecule has 2 aliphatic rings. The van der Waals surface area contributed by atoms with E-state index >= 15 is 0 Å². The predicted octanol–water partition coefficient (Wildman–Crippen LogP) is 2.77. The summed E-state index contributed by atoms with van der Waals surface area (Å²) in [5.41, 5.74) is 2.08. The minimum atomic E-state index is -0.0721. The molecule has 162 valence electrons. The van der Waals surface area contributed by atoms with Crippen LogP contribution in [0.1, 0.15) is 43.9 Å². The minimum absolute atomic E-state index is 0.0721. The molecule has 0 saturated carbocycles. The van der Waals surface area contributed by atoms with Gasteiger partial charge in [0.15, 0.2) is 0 Å². The normalized spacial score (nSPS) is 20.5. The number of aromatic nitrogens is 2. The quantitative estimate of drug-likeness (QED) is 0.787. The molecule has 2 aliphatic heterocycles. The third kappa shape index (κ3) is 5.40. The van der Waals surface area contributed by atoms with Crippen molar-refractivity contribution in [2.24, 2.45) is 0 Å². The van der Waals surface area contributed by atoms with E-state index in [-0.39, 0.29) is 17.6 Å². The van der Waals surface area contributed by atoms with E-state index in [1.165, 1.54) is 5.56 Å². The van der Waals surface area contributed by atoms with E-state index in [0.29, 0.717) is 19.2 Å². The maximum Gasteiger partial charge on any atom is 0.252 e. The maximum absolute atomic E-state index is 12.3.